The molecule has 0 radical (unpaired) electrons. The van der Waals surface area contributed by atoms with Gasteiger partial charge in [-0.05, 0) is 6.07 Å². The lowest BCUT2D eigenvalue weighted by Gasteiger charge is -2.07. The van der Waals surface area contributed by atoms with E-state index in [1.807, 2.05) is 18.2 Å². The molecule has 1 aromatic carbocycles. The first-order valence-corrected chi connectivity index (χ1v) is 4.94. The minimum Gasteiger partial charge on any atom is -0.489 e. The molecule has 2 aromatic rings. The fourth-order valence-electron chi connectivity index (χ4n) is 1.39. The third kappa shape index (κ3) is 2.20. The molecular weight excluding hydrogens is 206 g/mol. The number of hydrogen-bond acceptors (Lipinski definition) is 5. The molecule has 0 aliphatic carbocycles. The van der Waals surface area contributed by atoms with Crippen LogP contribution >= 0.6 is 0 Å². The molecule has 0 unspecified atom stereocenters. The molecule has 0 saturated carbocycles. The van der Waals surface area contributed by atoms with E-state index in [4.69, 9.17) is 15.2 Å². The minimum absolute atomic E-state index is 0.246. The molecule has 0 aliphatic rings. The van der Waals surface area contributed by atoms with Crippen molar-refractivity contribution >= 4 is 16.9 Å². The van der Waals surface area contributed by atoms with Crippen molar-refractivity contribution in [2.75, 3.05) is 26.1 Å². The molecule has 0 fully saturated rings. The number of methoxy groups -OCH3 is 1. The predicted octanol–water partition coefficient (Wildman–Crippen LogP) is 1.24. The number of hydrogen-bond donors (Lipinski definition) is 1. The Balaban J connectivity index is 2.32. The van der Waals surface area contributed by atoms with Gasteiger partial charge >= 0.3 is 0 Å². The molecule has 0 atom stereocenters. The van der Waals surface area contributed by atoms with Gasteiger partial charge in [0.25, 0.3) is 0 Å². The normalized spacial score (nSPS) is 10.6. The SMILES string of the molecule is COCCOc1cccc2cnc(N)nc12. The van der Waals surface area contributed by atoms with Gasteiger partial charge in [-0.25, -0.2) is 9.97 Å². The number of nitrogens with zero attached hydrogens (tertiary/aromatic N) is 2. The van der Waals surface area contributed by atoms with Crippen molar-refractivity contribution in [1.82, 2.24) is 9.97 Å². The highest BCUT2D eigenvalue weighted by Gasteiger charge is 2.04. The fourth-order valence-corrected chi connectivity index (χ4v) is 1.39. The molecule has 16 heavy (non-hydrogen) atoms. The Labute approximate surface area is 93.2 Å². The zero-order valence-corrected chi connectivity index (χ0v) is 9.01. The first-order valence-electron chi connectivity index (χ1n) is 4.94. The molecule has 0 amide bonds. The van der Waals surface area contributed by atoms with Gasteiger partial charge in [0.05, 0.1) is 6.61 Å². The second kappa shape index (κ2) is 4.76. The summed E-state index contributed by atoms with van der Waals surface area (Å²) < 4.78 is 10.5. The number of fused-ring (bicyclic) bond motifs is 1. The Morgan fingerprint density at radius 1 is 1.31 bits per heavy atom. The van der Waals surface area contributed by atoms with Crippen molar-refractivity contribution in [2.24, 2.45) is 0 Å². The van der Waals surface area contributed by atoms with E-state index in [0.717, 1.165) is 10.9 Å². The van der Waals surface area contributed by atoms with Crippen LogP contribution in [0, 0.1) is 0 Å². The lowest BCUT2D eigenvalue weighted by molar-refractivity contribution is 0.147. The maximum atomic E-state index is 5.55. The first-order chi connectivity index (χ1) is 7.81. The molecule has 0 spiro atoms. The van der Waals surface area contributed by atoms with Gasteiger partial charge in [0.2, 0.25) is 5.95 Å². The number of anilines is 1. The van der Waals surface area contributed by atoms with Crippen LogP contribution in [0.2, 0.25) is 0 Å². The second-order valence-electron chi connectivity index (χ2n) is 3.26. The summed E-state index contributed by atoms with van der Waals surface area (Å²) >= 11 is 0. The van der Waals surface area contributed by atoms with E-state index in [2.05, 4.69) is 9.97 Å². The zero-order chi connectivity index (χ0) is 11.4. The molecule has 5 nitrogen and oxygen atoms in total. The maximum absolute atomic E-state index is 5.55. The number of ether oxygens (including phenoxy) is 2. The van der Waals surface area contributed by atoms with E-state index in [1.54, 1.807) is 13.3 Å². The Kier molecular flexibility index (Phi) is 3.16. The Morgan fingerprint density at radius 2 is 2.19 bits per heavy atom. The summed E-state index contributed by atoms with van der Waals surface area (Å²) in [7, 11) is 1.63. The number of nitrogens with two attached hydrogens (primary N) is 1. The van der Waals surface area contributed by atoms with Crippen LogP contribution in [0.3, 0.4) is 0 Å². The number of nitrogen functional groups attached to an aromatic ring is 1. The van der Waals surface area contributed by atoms with Crippen LogP contribution in [0.1, 0.15) is 0 Å². The molecule has 2 N–H and O–H groups in total. The summed E-state index contributed by atoms with van der Waals surface area (Å²) in [6, 6.07) is 5.66. The van der Waals surface area contributed by atoms with Gasteiger partial charge in [0, 0.05) is 18.7 Å². The van der Waals surface area contributed by atoms with Crippen molar-refractivity contribution in [2.45, 2.75) is 0 Å². The lowest BCUT2D eigenvalue weighted by atomic mass is 10.2. The smallest absolute Gasteiger partial charge is 0.220 e. The highest BCUT2D eigenvalue weighted by molar-refractivity contribution is 5.84. The van der Waals surface area contributed by atoms with Crippen molar-refractivity contribution < 1.29 is 9.47 Å². The van der Waals surface area contributed by atoms with E-state index in [-0.39, 0.29) is 5.95 Å². The van der Waals surface area contributed by atoms with Gasteiger partial charge in [-0.15, -0.1) is 0 Å². The molecule has 5 heteroatoms. The zero-order valence-electron chi connectivity index (χ0n) is 9.01. The van der Waals surface area contributed by atoms with Gasteiger partial charge in [-0.3, -0.25) is 0 Å². The summed E-state index contributed by atoms with van der Waals surface area (Å²) in [6.07, 6.45) is 1.68. The molecule has 1 heterocycles. The molecule has 0 bridgehead atoms. The van der Waals surface area contributed by atoms with E-state index in [0.29, 0.717) is 19.0 Å². The summed E-state index contributed by atoms with van der Waals surface area (Å²) in [6.45, 7) is 1.02. The van der Waals surface area contributed by atoms with Gasteiger partial charge < -0.3 is 15.2 Å². The van der Waals surface area contributed by atoms with Crippen molar-refractivity contribution in [3.05, 3.63) is 24.4 Å². The van der Waals surface area contributed by atoms with E-state index in [1.165, 1.54) is 0 Å². The molecule has 0 saturated heterocycles. The van der Waals surface area contributed by atoms with Crippen LogP contribution in [0.25, 0.3) is 10.9 Å². The van der Waals surface area contributed by atoms with E-state index in [9.17, 15) is 0 Å². The van der Waals surface area contributed by atoms with Crippen LogP contribution in [0.5, 0.6) is 5.75 Å². The molecule has 1 aromatic heterocycles. The van der Waals surface area contributed by atoms with E-state index < -0.39 is 0 Å². The Hall–Kier alpha value is -1.88. The van der Waals surface area contributed by atoms with Crippen LogP contribution in [0.4, 0.5) is 5.95 Å². The summed E-state index contributed by atoms with van der Waals surface area (Å²) in [5, 5.41) is 0.907. The van der Waals surface area contributed by atoms with Crippen molar-refractivity contribution in [3.63, 3.8) is 0 Å². The van der Waals surface area contributed by atoms with Crippen LogP contribution in [0.15, 0.2) is 24.4 Å². The van der Waals surface area contributed by atoms with Crippen molar-refractivity contribution in [1.29, 1.82) is 0 Å². The minimum atomic E-state index is 0.246. The van der Waals surface area contributed by atoms with Gasteiger partial charge in [-0.2, -0.15) is 0 Å². The third-order valence-corrected chi connectivity index (χ3v) is 2.14. The van der Waals surface area contributed by atoms with Crippen molar-refractivity contribution in [3.8, 4) is 5.75 Å². The highest BCUT2D eigenvalue weighted by Crippen LogP contribution is 2.23. The summed E-state index contributed by atoms with van der Waals surface area (Å²) in [4.78, 5) is 8.09. The highest BCUT2D eigenvalue weighted by atomic mass is 16.5. The number of benzene rings is 1. The summed E-state index contributed by atoms with van der Waals surface area (Å²) in [5.41, 5.74) is 6.27. The maximum Gasteiger partial charge on any atom is 0.220 e. The fraction of sp³-hybridized carbons (Fsp3) is 0.273. The number of para-hydroxylation sites is 1. The average Bonchev–Trinajstić information content (AvgIpc) is 2.30. The van der Waals surface area contributed by atoms with E-state index >= 15 is 0 Å². The third-order valence-electron chi connectivity index (χ3n) is 2.14. The lowest BCUT2D eigenvalue weighted by Crippen LogP contribution is -2.05. The molecule has 84 valence electrons. The monoisotopic (exact) mass is 219 g/mol. The molecular formula is C11H13N3O2. The number of rotatable bonds is 4. The van der Waals surface area contributed by atoms with Gasteiger partial charge in [0.15, 0.2) is 0 Å². The van der Waals surface area contributed by atoms with Crippen LogP contribution in [-0.4, -0.2) is 30.3 Å². The predicted molar refractivity (Wildman–Crippen MR) is 61.3 cm³/mol. The quantitative estimate of drug-likeness (QED) is 0.783. The number of aromatic nitrogens is 2. The Bertz CT molecular complexity index is 488. The topological polar surface area (TPSA) is 70.3 Å². The standard InChI is InChI=1S/C11H13N3O2/c1-15-5-6-16-9-4-2-3-8-7-13-11(12)14-10(8)9/h2-4,7H,5-6H2,1H3,(H2,12,13,14). The Morgan fingerprint density at radius 3 is 3.00 bits per heavy atom. The van der Waals surface area contributed by atoms with Gasteiger partial charge in [0.1, 0.15) is 17.9 Å². The average molecular weight is 219 g/mol. The molecule has 2 rings (SSSR count). The largest absolute Gasteiger partial charge is 0.489 e. The first kappa shape index (κ1) is 10.6. The summed E-state index contributed by atoms with van der Waals surface area (Å²) in [5.74, 6) is 0.943. The second-order valence-corrected chi connectivity index (χ2v) is 3.26. The molecule has 0 aliphatic heterocycles. The van der Waals surface area contributed by atoms with Gasteiger partial charge in [-0.1, -0.05) is 12.1 Å². The van der Waals surface area contributed by atoms with Crippen LogP contribution in [-0.2, 0) is 4.74 Å². The van der Waals surface area contributed by atoms with Crippen LogP contribution < -0.4 is 10.5 Å².